The maximum atomic E-state index is 12.7. The van der Waals surface area contributed by atoms with Gasteiger partial charge in [0.25, 0.3) is 0 Å². The lowest BCUT2D eigenvalue weighted by Gasteiger charge is -2.32. The average Bonchev–Trinajstić information content (AvgIpc) is 2.99. The number of terminal acetylenes is 1. The molecule has 6 heteroatoms. The van der Waals surface area contributed by atoms with Gasteiger partial charge in [-0.25, -0.2) is 0 Å². The van der Waals surface area contributed by atoms with Crippen LogP contribution in [0.1, 0.15) is 38.3 Å². The zero-order valence-electron chi connectivity index (χ0n) is 15.5. The molecule has 1 aromatic carbocycles. The Morgan fingerprint density at radius 2 is 2.00 bits per heavy atom. The Morgan fingerprint density at radius 1 is 1.38 bits per heavy atom. The average molecular weight is 357 g/mol. The van der Waals surface area contributed by atoms with Gasteiger partial charge in [-0.05, 0) is 23.1 Å². The van der Waals surface area contributed by atoms with Gasteiger partial charge >= 0.3 is 0 Å². The lowest BCUT2D eigenvalue weighted by atomic mass is 9.86. The second-order valence-electron chi connectivity index (χ2n) is 7.80. The summed E-state index contributed by atoms with van der Waals surface area (Å²) in [5, 5.41) is 12.8. The van der Waals surface area contributed by atoms with Gasteiger partial charge in [-0.3, -0.25) is 9.59 Å². The first-order valence-electron chi connectivity index (χ1n) is 8.71. The van der Waals surface area contributed by atoms with Crippen LogP contribution in [0.25, 0.3) is 0 Å². The molecule has 2 amide bonds. The van der Waals surface area contributed by atoms with Gasteiger partial charge in [0.05, 0.1) is 12.1 Å². The van der Waals surface area contributed by atoms with Crippen molar-refractivity contribution < 1.29 is 14.7 Å². The molecule has 1 heterocycles. The number of hydrogen-bond donors (Lipinski definition) is 3. The van der Waals surface area contributed by atoms with Crippen LogP contribution in [-0.2, 0) is 16.1 Å². The minimum Gasteiger partial charge on any atom is -0.391 e. The van der Waals surface area contributed by atoms with Crippen molar-refractivity contribution in [3.8, 4) is 12.3 Å². The molecule has 1 aliphatic heterocycles. The minimum atomic E-state index is -0.737. The molecular formula is C20H27N3O3. The fraction of sp³-hybridized carbons (Fsp3) is 0.500. The van der Waals surface area contributed by atoms with Crippen molar-refractivity contribution >= 4 is 11.8 Å². The number of carbonyl (C=O) groups excluding carboxylic acids is 2. The zero-order valence-corrected chi connectivity index (χ0v) is 15.5. The number of aliphatic hydroxyl groups excluding tert-OH is 1. The van der Waals surface area contributed by atoms with Crippen molar-refractivity contribution in [3.63, 3.8) is 0 Å². The van der Waals surface area contributed by atoms with Crippen LogP contribution in [-0.4, -0.2) is 46.6 Å². The number of aliphatic hydroxyl groups is 1. The summed E-state index contributed by atoms with van der Waals surface area (Å²) in [6.45, 7) is 6.06. The van der Waals surface area contributed by atoms with Crippen LogP contribution in [0.15, 0.2) is 24.3 Å². The monoisotopic (exact) mass is 357 g/mol. The normalized spacial score (nSPS) is 21.2. The number of nitrogens with one attached hydrogen (secondary N) is 1. The molecule has 3 atom stereocenters. The molecule has 140 valence electrons. The second-order valence-corrected chi connectivity index (χ2v) is 7.80. The predicted octanol–water partition coefficient (Wildman–Crippen LogP) is 0.619. The summed E-state index contributed by atoms with van der Waals surface area (Å²) in [7, 11) is 0. The Kier molecular flexibility index (Phi) is 6.06. The number of benzene rings is 1. The molecule has 0 unspecified atom stereocenters. The third-order valence-electron chi connectivity index (χ3n) is 4.65. The van der Waals surface area contributed by atoms with Crippen LogP contribution in [0.2, 0.25) is 0 Å². The van der Waals surface area contributed by atoms with E-state index in [0.29, 0.717) is 6.54 Å². The van der Waals surface area contributed by atoms with Gasteiger partial charge < -0.3 is 21.1 Å². The topological polar surface area (TPSA) is 95.7 Å². The maximum absolute atomic E-state index is 12.7. The Labute approximate surface area is 154 Å². The van der Waals surface area contributed by atoms with Gasteiger partial charge in [-0.2, -0.15) is 0 Å². The van der Waals surface area contributed by atoms with Crippen molar-refractivity contribution in [2.75, 3.05) is 6.54 Å². The number of hydrogen-bond acceptors (Lipinski definition) is 4. The van der Waals surface area contributed by atoms with E-state index in [1.54, 1.807) is 12.1 Å². The maximum Gasteiger partial charge on any atom is 0.243 e. The first kappa shape index (κ1) is 20.0. The Balaban J connectivity index is 2.03. The molecule has 2 rings (SSSR count). The van der Waals surface area contributed by atoms with Gasteiger partial charge in [0.15, 0.2) is 0 Å². The molecule has 0 aliphatic carbocycles. The molecule has 1 aliphatic rings. The Bertz CT molecular complexity index is 700. The SMILES string of the molecule is C#Cc1ccc(CNC(=O)[C@@H]2C[C@H](O)CN2C(=O)[C@@H](N)C(C)(C)C)cc1. The van der Waals surface area contributed by atoms with Crippen LogP contribution >= 0.6 is 0 Å². The summed E-state index contributed by atoms with van der Waals surface area (Å²) in [5.74, 6) is 1.93. The molecule has 0 aromatic heterocycles. The minimum absolute atomic E-state index is 0.123. The van der Waals surface area contributed by atoms with Crippen LogP contribution < -0.4 is 11.1 Å². The second kappa shape index (κ2) is 7.90. The van der Waals surface area contributed by atoms with E-state index in [1.807, 2.05) is 32.9 Å². The molecular weight excluding hydrogens is 330 g/mol. The van der Waals surface area contributed by atoms with E-state index in [2.05, 4.69) is 11.2 Å². The van der Waals surface area contributed by atoms with E-state index in [1.165, 1.54) is 4.90 Å². The number of nitrogens with two attached hydrogens (primary N) is 1. The highest BCUT2D eigenvalue weighted by molar-refractivity contribution is 5.90. The van der Waals surface area contributed by atoms with E-state index in [0.717, 1.165) is 11.1 Å². The van der Waals surface area contributed by atoms with Gasteiger partial charge in [0, 0.05) is 25.1 Å². The Hall–Kier alpha value is -2.36. The molecule has 0 saturated carbocycles. The van der Waals surface area contributed by atoms with E-state index in [-0.39, 0.29) is 24.8 Å². The van der Waals surface area contributed by atoms with E-state index in [4.69, 9.17) is 12.2 Å². The molecule has 4 N–H and O–H groups in total. The molecule has 26 heavy (non-hydrogen) atoms. The standard InChI is InChI=1S/C20H27N3O3/c1-5-13-6-8-14(9-7-13)11-22-18(25)16-10-15(24)12-23(16)19(26)17(21)20(2,3)4/h1,6-9,15-17,24H,10-12,21H2,2-4H3,(H,22,25)/t15-,16-,17+/m0/s1. The molecule has 0 radical (unpaired) electrons. The van der Waals surface area contributed by atoms with Crippen LogP contribution in [0, 0.1) is 17.8 Å². The van der Waals surface area contributed by atoms with Crippen LogP contribution in [0.3, 0.4) is 0 Å². The predicted molar refractivity (Wildman–Crippen MR) is 99.8 cm³/mol. The summed E-state index contributed by atoms with van der Waals surface area (Å²) in [6, 6.07) is 5.85. The largest absolute Gasteiger partial charge is 0.391 e. The molecule has 1 fully saturated rings. The van der Waals surface area contributed by atoms with Crippen LogP contribution in [0.5, 0.6) is 0 Å². The highest BCUT2D eigenvalue weighted by atomic mass is 16.3. The zero-order chi connectivity index (χ0) is 19.5. The number of amides is 2. The number of nitrogens with zero attached hydrogens (tertiary/aromatic N) is 1. The van der Waals surface area contributed by atoms with Crippen molar-refractivity contribution in [2.24, 2.45) is 11.1 Å². The fourth-order valence-electron chi connectivity index (χ4n) is 2.88. The van der Waals surface area contributed by atoms with E-state index in [9.17, 15) is 14.7 Å². The van der Waals surface area contributed by atoms with Crippen molar-refractivity contribution in [1.82, 2.24) is 10.2 Å². The summed E-state index contributed by atoms with van der Waals surface area (Å²) in [5.41, 5.74) is 7.30. The summed E-state index contributed by atoms with van der Waals surface area (Å²) >= 11 is 0. The van der Waals surface area contributed by atoms with Crippen molar-refractivity contribution in [2.45, 2.75) is 51.9 Å². The highest BCUT2D eigenvalue weighted by Gasteiger charge is 2.42. The quantitative estimate of drug-likeness (QED) is 0.689. The first-order valence-corrected chi connectivity index (χ1v) is 8.71. The molecule has 1 aromatic rings. The molecule has 6 nitrogen and oxygen atoms in total. The lowest BCUT2D eigenvalue weighted by Crippen LogP contribution is -2.54. The Morgan fingerprint density at radius 3 is 2.54 bits per heavy atom. The molecule has 0 bridgehead atoms. The van der Waals surface area contributed by atoms with Gasteiger partial charge in [0.2, 0.25) is 11.8 Å². The van der Waals surface area contributed by atoms with E-state index < -0.39 is 23.6 Å². The number of likely N-dealkylation sites (tertiary alicyclic amines) is 1. The highest BCUT2D eigenvalue weighted by Crippen LogP contribution is 2.24. The van der Waals surface area contributed by atoms with Crippen molar-refractivity contribution in [1.29, 1.82) is 0 Å². The molecule has 1 saturated heterocycles. The summed E-state index contributed by atoms with van der Waals surface area (Å²) in [6.07, 6.45) is 4.81. The van der Waals surface area contributed by atoms with E-state index >= 15 is 0 Å². The molecule has 0 spiro atoms. The summed E-state index contributed by atoms with van der Waals surface area (Å²) < 4.78 is 0. The van der Waals surface area contributed by atoms with Crippen LogP contribution in [0.4, 0.5) is 0 Å². The van der Waals surface area contributed by atoms with Gasteiger partial charge in [0.1, 0.15) is 6.04 Å². The lowest BCUT2D eigenvalue weighted by molar-refractivity contribution is -0.141. The van der Waals surface area contributed by atoms with Crippen molar-refractivity contribution in [3.05, 3.63) is 35.4 Å². The third-order valence-corrected chi connectivity index (χ3v) is 4.65. The summed E-state index contributed by atoms with van der Waals surface area (Å²) in [4.78, 5) is 26.7. The number of β-amino-alcohol motifs (C(OH)–C–C–N with tert-alkyl or cyclic N) is 1. The third kappa shape index (κ3) is 4.63. The smallest absolute Gasteiger partial charge is 0.243 e. The number of carbonyl (C=O) groups is 2. The first-order chi connectivity index (χ1) is 12.1. The fourth-order valence-corrected chi connectivity index (χ4v) is 2.88. The van der Waals surface area contributed by atoms with Gasteiger partial charge in [-0.15, -0.1) is 6.42 Å². The number of rotatable bonds is 4. The van der Waals surface area contributed by atoms with Gasteiger partial charge in [-0.1, -0.05) is 38.8 Å².